The summed E-state index contributed by atoms with van der Waals surface area (Å²) in [6.45, 7) is 6.57. The van der Waals surface area contributed by atoms with Gasteiger partial charge in [0.25, 0.3) is 0 Å². The Bertz CT molecular complexity index is 577. The van der Waals surface area contributed by atoms with Crippen molar-refractivity contribution in [2.75, 3.05) is 0 Å². The number of rotatable bonds is 0. The molecule has 0 atom stereocenters. The van der Waals surface area contributed by atoms with Gasteiger partial charge in [-0.15, -0.1) is 0 Å². The molecule has 2 aromatic rings. The van der Waals surface area contributed by atoms with Gasteiger partial charge < -0.3 is 0 Å². The van der Waals surface area contributed by atoms with Crippen LogP contribution in [0.1, 0.15) is 27.8 Å². The zero-order chi connectivity index (χ0) is 11.3. The van der Waals surface area contributed by atoms with Gasteiger partial charge in [-0.1, -0.05) is 41.5 Å². The fourth-order valence-corrected chi connectivity index (χ4v) is 2.79. The summed E-state index contributed by atoms with van der Waals surface area (Å²) in [4.78, 5) is 0. The van der Waals surface area contributed by atoms with Crippen molar-refractivity contribution < 1.29 is 0 Å². The van der Waals surface area contributed by atoms with Crippen molar-refractivity contribution in [3.8, 4) is 11.1 Å². The minimum atomic E-state index is 1.11. The lowest BCUT2D eigenvalue weighted by Gasteiger charge is -2.06. The van der Waals surface area contributed by atoms with E-state index in [2.05, 4.69) is 51.1 Å². The topological polar surface area (TPSA) is 0 Å². The van der Waals surface area contributed by atoms with Crippen LogP contribution in [0.5, 0.6) is 0 Å². The van der Waals surface area contributed by atoms with Crippen LogP contribution in [-0.2, 0) is 6.42 Å². The number of aryl methyl sites for hydroxylation is 3. The highest BCUT2D eigenvalue weighted by molar-refractivity contribution is 5.78. The molecule has 0 aromatic heterocycles. The summed E-state index contributed by atoms with van der Waals surface area (Å²) < 4.78 is 0. The molecule has 0 heterocycles. The normalized spacial score (nSPS) is 12.4. The van der Waals surface area contributed by atoms with Crippen molar-refractivity contribution in [1.82, 2.24) is 0 Å². The van der Waals surface area contributed by atoms with Crippen molar-refractivity contribution in [1.29, 1.82) is 0 Å². The highest BCUT2D eigenvalue weighted by atomic mass is 14.2. The number of hydrogen-bond acceptors (Lipinski definition) is 0. The number of hydrogen-bond donors (Lipinski definition) is 0. The zero-order valence-corrected chi connectivity index (χ0v) is 10.1. The van der Waals surface area contributed by atoms with E-state index < -0.39 is 0 Å². The Kier molecular flexibility index (Phi) is 1.94. The summed E-state index contributed by atoms with van der Waals surface area (Å²) in [5, 5.41) is 0. The first-order valence-corrected chi connectivity index (χ1v) is 5.85. The van der Waals surface area contributed by atoms with Gasteiger partial charge in [-0.05, 0) is 55.0 Å². The van der Waals surface area contributed by atoms with Crippen LogP contribution in [-0.4, -0.2) is 0 Å². The van der Waals surface area contributed by atoms with E-state index in [9.17, 15) is 0 Å². The Labute approximate surface area is 96.9 Å². The van der Waals surface area contributed by atoms with Gasteiger partial charge in [-0.25, -0.2) is 0 Å². The third kappa shape index (κ3) is 1.30. The molecule has 16 heavy (non-hydrogen) atoms. The maximum Gasteiger partial charge on any atom is -0.00107 e. The van der Waals surface area contributed by atoms with Crippen molar-refractivity contribution >= 4 is 0 Å². The molecule has 0 saturated carbocycles. The molecule has 0 unspecified atom stereocenters. The first kappa shape index (κ1) is 9.65. The lowest BCUT2D eigenvalue weighted by Crippen LogP contribution is -1.87. The molecule has 1 aliphatic rings. The molecule has 2 aromatic carbocycles. The van der Waals surface area contributed by atoms with Gasteiger partial charge in [0.1, 0.15) is 0 Å². The summed E-state index contributed by atoms with van der Waals surface area (Å²) in [6.07, 6.45) is 1.11. The van der Waals surface area contributed by atoms with Gasteiger partial charge in [0, 0.05) is 0 Å². The molecule has 80 valence electrons. The lowest BCUT2D eigenvalue weighted by molar-refractivity contribution is 1.20. The second-order valence-corrected chi connectivity index (χ2v) is 4.95. The van der Waals surface area contributed by atoms with E-state index in [1.165, 1.54) is 38.9 Å². The van der Waals surface area contributed by atoms with E-state index in [-0.39, 0.29) is 0 Å². The average molecular weight is 208 g/mol. The van der Waals surface area contributed by atoms with E-state index in [1.54, 1.807) is 0 Å². The number of fused-ring (bicyclic) bond motifs is 3. The van der Waals surface area contributed by atoms with Crippen molar-refractivity contribution in [3.05, 3.63) is 58.1 Å². The summed E-state index contributed by atoms with van der Waals surface area (Å²) in [5.41, 5.74) is 10.1. The van der Waals surface area contributed by atoms with E-state index in [0.717, 1.165) is 6.42 Å². The molecule has 0 N–H and O–H groups in total. The van der Waals surface area contributed by atoms with Crippen molar-refractivity contribution in [2.45, 2.75) is 27.2 Å². The van der Waals surface area contributed by atoms with Crippen LogP contribution in [0, 0.1) is 20.8 Å². The molecule has 0 heteroatoms. The highest BCUT2D eigenvalue weighted by Crippen LogP contribution is 2.39. The largest absolute Gasteiger partial charge is 0.0587 e. The number of benzene rings is 2. The van der Waals surface area contributed by atoms with E-state index in [1.807, 2.05) is 0 Å². The van der Waals surface area contributed by atoms with Gasteiger partial charge in [-0.2, -0.15) is 0 Å². The highest BCUT2D eigenvalue weighted by Gasteiger charge is 2.19. The third-order valence-electron chi connectivity index (χ3n) is 3.54. The standard InChI is InChI=1S/C16H16/c1-10-4-5-14-13(7-10)9-15-12(3)6-11(2)8-16(14)15/h4-8H,9H2,1-3H3. The van der Waals surface area contributed by atoms with E-state index in [0.29, 0.717) is 0 Å². The van der Waals surface area contributed by atoms with Gasteiger partial charge in [0.05, 0.1) is 0 Å². The quantitative estimate of drug-likeness (QED) is 0.520. The minimum absolute atomic E-state index is 1.11. The predicted molar refractivity (Wildman–Crippen MR) is 68.9 cm³/mol. The van der Waals surface area contributed by atoms with Crippen LogP contribution < -0.4 is 0 Å². The van der Waals surface area contributed by atoms with Gasteiger partial charge in [0.2, 0.25) is 0 Å². The third-order valence-corrected chi connectivity index (χ3v) is 3.54. The predicted octanol–water partition coefficient (Wildman–Crippen LogP) is 4.18. The molecule has 3 rings (SSSR count). The van der Waals surface area contributed by atoms with E-state index in [4.69, 9.17) is 0 Å². The maximum absolute atomic E-state index is 2.32. The second-order valence-electron chi connectivity index (χ2n) is 4.95. The summed E-state index contributed by atoms with van der Waals surface area (Å²) in [7, 11) is 0. The maximum atomic E-state index is 2.32. The van der Waals surface area contributed by atoms with Crippen LogP contribution >= 0.6 is 0 Å². The van der Waals surface area contributed by atoms with Crippen LogP contribution in [0.4, 0.5) is 0 Å². The summed E-state index contributed by atoms with van der Waals surface area (Å²) >= 11 is 0. The van der Waals surface area contributed by atoms with Gasteiger partial charge in [-0.3, -0.25) is 0 Å². The molecule has 0 aliphatic heterocycles. The average Bonchev–Trinajstić information content (AvgIpc) is 2.56. The lowest BCUT2D eigenvalue weighted by atomic mass is 9.99. The molecule has 0 radical (unpaired) electrons. The van der Waals surface area contributed by atoms with E-state index >= 15 is 0 Å². The Morgan fingerprint density at radius 3 is 2.44 bits per heavy atom. The van der Waals surface area contributed by atoms with Crippen LogP contribution in [0.15, 0.2) is 30.3 Å². The van der Waals surface area contributed by atoms with Crippen molar-refractivity contribution in [3.63, 3.8) is 0 Å². The Morgan fingerprint density at radius 2 is 1.62 bits per heavy atom. The van der Waals surface area contributed by atoms with Gasteiger partial charge in [0.15, 0.2) is 0 Å². The Balaban J connectivity index is 2.29. The fourth-order valence-electron chi connectivity index (χ4n) is 2.79. The molecule has 0 fully saturated rings. The molecule has 0 saturated heterocycles. The monoisotopic (exact) mass is 208 g/mol. The van der Waals surface area contributed by atoms with Crippen LogP contribution in [0.2, 0.25) is 0 Å². The molecular weight excluding hydrogens is 192 g/mol. The first-order chi connectivity index (χ1) is 7.65. The van der Waals surface area contributed by atoms with Gasteiger partial charge >= 0.3 is 0 Å². The van der Waals surface area contributed by atoms with Crippen LogP contribution in [0.3, 0.4) is 0 Å². The molecular formula is C16H16. The van der Waals surface area contributed by atoms with Crippen molar-refractivity contribution in [2.24, 2.45) is 0 Å². The minimum Gasteiger partial charge on any atom is -0.0587 e. The molecule has 0 nitrogen and oxygen atoms in total. The first-order valence-electron chi connectivity index (χ1n) is 5.85. The molecule has 1 aliphatic carbocycles. The fraction of sp³-hybridized carbons (Fsp3) is 0.250. The Morgan fingerprint density at radius 1 is 0.812 bits per heavy atom. The SMILES string of the molecule is Cc1ccc2c(c1)Cc1c(C)cc(C)cc1-2. The van der Waals surface area contributed by atoms with Crippen LogP contribution in [0.25, 0.3) is 11.1 Å². The molecule has 0 bridgehead atoms. The summed E-state index contributed by atoms with van der Waals surface area (Å²) in [5.74, 6) is 0. The second kappa shape index (κ2) is 3.21. The zero-order valence-electron chi connectivity index (χ0n) is 10.1. The molecule has 0 amide bonds. The summed E-state index contributed by atoms with van der Waals surface area (Å²) in [6, 6.07) is 11.4. The smallest absolute Gasteiger partial charge is 0.00107 e. The molecule has 0 spiro atoms. The Hall–Kier alpha value is -1.56.